The fraction of sp³-hybridized carbons (Fsp3) is 0.250. The first-order valence-electron chi connectivity index (χ1n) is 6.17. The summed E-state index contributed by atoms with van der Waals surface area (Å²) >= 11 is 0. The molecule has 2 aromatic rings. The molecule has 1 aliphatic carbocycles. The Bertz CT molecular complexity index is 529. The molecule has 0 fully saturated rings. The second-order valence-corrected chi connectivity index (χ2v) is 4.68. The van der Waals surface area contributed by atoms with Crippen LogP contribution in [-0.4, -0.2) is 0 Å². The smallest absolute Gasteiger partial charge is 0.126 e. The highest BCUT2D eigenvalue weighted by atomic mass is 19.1. The summed E-state index contributed by atoms with van der Waals surface area (Å²) in [4.78, 5) is 0. The highest BCUT2D eigenvalue weighted by Gasteiger charge is 2.18. The van der Waals surface area contributed by atoms with Gasteiger partial charge in [-0.25, -0.2) is 4.39 Å². The van der Waals surface area contributed by atoms with Crippen LogP contribution in [0.15, 0.2) is 42.5 Å². The van der Waals surface area contributed by atoms with Crippen LogP contribution in [0, 0.1) is 5.82 Å². The Morgan fingerprint density at radius 3 is 2.47 bits per heavy atom. The Morgan fingerprint density at radius 1 is 0.882 bits per heavy atom. The van der Waals surface area contributed by atoms with Crippen molar-refractivity contribution >= 4 is 0 Å². The summed E-state index contributed by atoms with van der Waals surface area (Å²) in [5, 5.41) is 0. The molecule has 17 heavy (non-hydrogen) atoms. The maximum atomic E-state index is 13.6. The number of hydrogen-bond acceptors (Lipinski definition) is 0. The van der Waals surface area contributed by atoms with Gasteiger partial charge >= 0.3 is 0 Å². The molecule has 0 bridgehead atoms. The van der Waals surface area contributed by atoms with Crippen molar-refractivity contribution in [2.24, 2.45) is 0 Å². The summed E-state index contributed by atoms with van der Waals surface area (Å²) in [6.07, 6.45) is 3.96. The minimum Gasteiger partial charge on any atom is -0.207 e. The van der Waals surface area contributed by atoms with Gasteiger partial charge < -0.3 is 0 Å². The van der Waals surface area contributed by atoms with Gasteiger partial charge in [-0.2, -0.15) is 0 Å². The van der Waals surface area contributed by atoms with E-state index in [-0.39, 0.29) is 5.82 Å². The van der Waals surface area contributed by atoms with Gasteiger partial charge in [0.15, 0.2) is 0 Å². The lowest BCUT2D eigenvalue weighted by molar-refractivity contribution is 0.612. The third-order valence-corrected chi connectivity index (χ3v) is 3.56. The van der Waals surface area contributed by atoms with Crippen LogP contribution < -0.4 is 0 Å². The molecule has 0 nitrogen and oxygen atoms in total. The zero-order valence-electron chi connectivity index (χ0n) is 9.75. The van der Waals surface area contributed by atoms with E-state index in [0.717, 1.165) is 31.2 Å². The predicted octanol–water partition coefficient (Wildman–Crippen LogP) is 3.91. The quantitative estimate of drug-likeness (QED) is 0.728. The molecule has 0 radical (unpaired) electrons. The molecule has 0 amide bonds. The molecule has 1 heteroatoms. The van der Waals surface area contributed by atoms with Crippen LogP contribution in [0.4, 0.5) is 4.39 Å². The molecule has 2 aromatic carbocycles. The SMILES string of the molecule is Fc1ccc(Cc2ccccc2)c2c1CCC2. The molecular formula is C16H15F. The number of fused-ring (bicyclic) bond motifs is 1. The predicted molar refractivity (Wildman–Crippen MR) is 67.7 cm³/mol. The first-order chi connectivity index (χ1) is 8.34. The lowest BCUT2D eigenvalue weighted by Gasteiger charge is -2.09. The van der Waals surface area contributed by atoms with E-state index in [1.165, 1.54) is 16.7 Å². The standard InChI is InChI=1S/C16H15F/c17-16-10-9-13(14-7-4-8-15(14)16)11-12-5-2-1-3-6-12/h1-3,5-6,9-10H,4,7-8,11H2. The molecule has 86 valence electrons. The molecule has 0 atom stereocenters. The van der Waals surface area contributed by atoms with E-state index in [1.807, 2.05) is 12.1 Å². The fourth-order valence-electron chi connectivity index (χ4n) is 2.72. The molecule has 0 saturated carbocycles. The zero-order chi connectivity index (χ0) is 11.7. The van der Waals surface area contributed by atoms with Crippen LogP contribution in [-0.2, 0) is 19.3 Å². The van der Waals surface area contributed by atoms with Crippen molar-refractivity contribution in [1.82, 2.24) is 0 Å². The lowest BCUT2D eigenvalue weighted by atomic mass is 9.97. The normalized spacial score (nSPS) is 13.7. The van der Waals surface area contributed by atoms with Gasteiger partial charge in [-0.15, -0.1) is 0 Å². The summed E-state index contributed by atoms with van der Waals surface area (Å²) in [5.74, 6) is -0.0192. The average Bonchev–Trinajstić information content (AvgIpc) is 2.84. The number of benzene rings is 2. The van der Waals surface area contributed by atoms with E-state index in [9.17, 15) is 4.39 Å². The first kappa shape index (κ1) is 10.5. The van der Waals surface area contributed by atoms with E-state index in [0.29, 0.717) is 0 Å². The molecule has 0 spiro atoms. The van der Waals surface area contributed by atoms with Crippen molar-refractivity contribution in [3.63, 3.8) is 0 Å². The maximum absolute atomic E-state index is 13.6. The van der Waals surface area contributed by atoms with Crippen LogP contribution in [0.5, 0.6) is 0 Å². The zero-order valence-corrected chi connectivity index (χ0v) is 9.75. The van der Waals surface area contributed by atoms with Crippen molar-refractivity contribution in [3.05, 3.63) is 70.5 Å². The summed E-state index contributed by atoms with van der Waals surface area (Å²) in [7, 11) is 0. The lowest BCUT2D eigenvalue weighted by Crippen LogP contribution is -1.97. The largest absolute Gasteiger partial charge is 0.207 e. The second-order valence-electron chi connectivity index (χ2n) is 4.68. The van der Waals surface area contributed by atoms with E-state index in [2.05, 4.69) is 24.3 Å². The molecule has 0 saturated heterocycles. The molecule has 0 unspecified atom stereocenters. The first-order valence-corrected chi connectivity index (χ1v) is 6.17. The Morgan fingerprint density at radius 2 is 1.65 bits per heavy atom. The number of rotatable bonds is 2. The van der Waals surface area contributed by atoms with Crippen LogP contribution in [0.2, 0.25) is 0 Å². The Hall–Kier alpha value is -1.63. The highest BCUT2D eigenvalue weighted by molar-refractivity contribution is 5.42. The second kappa shape index (κ2) is 4.33. The minimum atomic E-state index is -0.0192. The van der Waals surface area contributed by atoms with Crippen molar-refractivity contribution in [2.45, 2.75) is 25.7 Å². The van der Waals surface area contributed by atoms with Gasteiger partial charge in [-0.1, -0.05) is 36.4 Å². The van der Waals surface area contributed by atoms with Gasteiger partial charge in [0.05, 0.1) is 0 Å². The molecule has 1 aliphatic rings. The van der Waals surface area contributed by atoms with Gasteiger partial charge in [-0.05, 0) is 54.0 Å². The summed E-state index contributed by atoms with van der Waals surface area (Å²) in [6.45, 7) is 0. The van der Waals surface area contributed by atoms with Gasteiger partial charge in [0.1, 0.15) is 5.82 Å². The van der Waals surface area contributed by atoms with E-state index in [1.54, 1.807) is 6.07 Å². The topological polar surface area (TPSA) is 0 Å². The molecule has 0 aromatic heterocycles. The van der Waals surface area contributed by atoms with E-state index >= 15 is 0 Å². The fourth-order valence-corrected chi connectivity index (χ4v) is 2.72. The van der Waals surface area contributed by atoms with E-state index < -0.39 is 0 Å². The molecule has 3 rings (SSSR count). The number of halogens is 1. The maximum Gasteiger partial charge on any atom is 0.126 e. The molecule has 0 aliphatic heterocycles. The monoisotopic (exact) mass is 226 g/mol. The van der Waals surface area contributed by atoms with Gasteiger partial charge in [0.2, 0.25) is 0 Å². The number of hydrogen-bond donors (Lipinski definition) is 0. The molecular weight excluding hydrogens is 211 g/mol. The van der Waals surface area contributed by atoms with Crippen molar-refractivity contribution < 1.29 is 4.39 Å². The van der Waals surface area contributed by atoms with Gasteiger partial charge in [0, 0.05) is 0 Å². The Labute approximate surface area is 101 Å². The highest BCUT2D eigenvalue weighted by Crippen LogP contribution is 2.29. The minimum absolute atomic E-state index is 0.0192. The van der Waals surface area contributed by atoms with Gasteiger partial charge in [-0.3, -0.25) is 0 Å². The molecule has 0 N–H and O–H groups in total. The Balaban J connectivity index is 1.97. The van der Waals surface area contributed by atoms with Crippen LogP contribution in [0.3, 0.4) is 0 Å². The summed E-state index contributed by atoms with van der Waals surface area (Å²) < 4.78 is 13.6. The van der Waals surface area contributed by atoms with Gasteiger partial charge in [0.25, 0.3) is 0 Å². The van der Waals surface area contributed by atoms with Crippen LogP contribution in [0.1, 0.15) is 28.7 Å². The van der Waals surface area contributed by atoms with E-state index in [4.69, 9.17) is 0 Å². The van der Waals surface area contributed by atoms with Crippen LogP contribution >= 0.6 is 0 Å². The van der Waals surface area contributed by atoms with Crippen molar-refractivity contribution in [2.75, 3.05) is 0 Å². The third kappa shape index (κ3) is 1.97. The third-order valence-electron chi connectivity index (χ3n) is 3.56. The summed E-state index contributed by atoms with van der Waals surface area (Å²) in [6, 6.07) is 14.0. The summed E-state index contributed by atoms with van der Waals surface area (Å²) in [5.41, 5.74) is 4.81. The van der Waals surface area contributed by atoms with Crippen molar-refractivity contribution in [3.8, 4) is 0 Å². The Kier molecular flexibility index (Phi) is 2.68. The van der Waals surface area contributed by atoms with Crippen molar-refractivity contribution in [1.29, 1.82) is 0 Å². The average molecular weight is 226 g/mol. The molecule has 0 heterocycles. The van der Waals surface area contributed by atoms with Crippen LogP contribution in [0.25, 0.3) is 0 Å².